The molecule has 18 heavy (non-hydrogen) atoms. The SMILES string of the molecule is CCC(CSC)N(C)CCn1cc(C(=O)O)nn1. The first-order valence-electron chi connectivity index (χ1n) is 5.91. The van der Waals surface area contributed by atoms with Crippen molar-refractivity contribution in [2.75, 3.05) is 25.6 Å². The van der Waals surface area contributed by atoms with E-state index in [-0.39, 0.29) is 5.69 Å². The van der Waals surface area contributed by atoms with Crippen molar-refractivity contribution < 1.29 is 9.90 Å². The molecular formula is C11H20N4O2S. The van der Waals surface area contributed by atoms with Crippen molar-refractivity contribution in [2.24, 2.45) is 0 Å². The summed E-state index contributed by atoms with van der Waals surface area (Å²) in [7, 11) is 2.08. The van der Waals surface area contributed by atoms with Gasteiger partial charge in [0.1, 0.15) is 0 Å². The molecule has 7 heteroatoms. The lowest BCUT2D eigenvalue weighted by Gasteiger charge is -2.26. The number of thioether (sulfide) groups is 1. The molecule has 1 unspecified atom stereocenters. The van der Waals surface area contributed by atoms with Crippen LogP contribution in [0.3, 0.4) is 0 Å². The van der Waals surface area contributed by atoms with Crippen molar-refractivity contribution in [1.29, 1.82) is 0 Å². The number of hydrogen-bond donors (Lipinski definition) is 1. The fourth-order valence-corrected chi connectivity index (χ4v) is 2.57. The molecule has 0 aliphatic rings. The van der Waals surface area contributed by atoms with Crippen molar-refractivity contribution in [2.45, 2.75) is 25.9 Å². The average Bonchev–Trinajstić information content (AvgIpc) is 2.82. The standard InChI is InChI=1S/C11H20N4O2S/c1-4-9(8-18-3)14(2)5-6-15-7-10(11(16)17)12-13-15/h7,9H,4-6,8H2,1-3H3,(H,16,17). The Hall–Kier alpha value is -1.08. The van der Waals surface area contributed by atoms with E-state index >= 15 is 0 Å². The summed E-state index contributed by atoms with van der Waals surface area (Å²) in [4.78, 5) is 12.9. The predicted molar refractivity (Wildman–Crippen MR) is 72.1 cm³/mol. The smallest absolute Gasteiger partial charge is 0.358 e. The van der Waals surface area contributed by atoms with Gasteiger partial charge in [-0.15, -0.1) is 5.10 Å². The van der Waals surface area contributed by atoms with Crippen LogP contribution in [0.25, 0.3) is 0 Å². The Balaban J connectivity index is 2.45. The number of hydrogen-bond acceptors (Lipinski definition) is 5. The van der Waals surface area contributed by atoms with Crippen LogP contribution in [-0.4, -0.2) is 62.6 Å². The lowest BCUT2D eigenvalue weighted by molar-refractivity contribution is 0.0690. The van der Waals surface area contributed by atoms with Gasteiger partial charge < -0.3 is 10.0 Å². The molecule has 0 fully saturated rings. The first kappa shape index (κ1) is 15.0. The summed E-state index contributed by atoms with van der Waals surface area (Å²) in [5.74, 6) is 0.0634. The van der Waals surface area contributed by atoms with E-state index in [2.05, 4.69) is 35.4 Å². The summed E-state index contributed by atoms with van der Waals surface area (Å²) in [5, 5.41) is 16.1. The maximum absolute atomic E-state index is 10.7. The Bertz CT molecular complexity index is 383. The molecule has 1 aromatic heterocycles. The molecule has 0 bridgehead atoms. The molecule has 0 aromatic carbocycles. The highest BCUT2D eigenvalue weighted by Gasteiger charge is 2.13. The molecule has 1 N–H and O–H groups in total. The van der Waals surface area contributed by atoms with Crippen molar-refractivity contribution in [3.63, 3.8) is 0 Å². The van der Waals surface area contributed by atoms with Gasteiger partial charge in [0.25, 0.3) is 0 Å². The molecule has 1 heterocycles. The van der Waals surface area contributed by atoms with Crippen LogP contribution >= 0.6 is 11.8 Å². The maximum Gasteiger partial charge on any atom is 0.358 e. The lowest BCUT2D eigenvalue weighted by atomic mass is 10.2. The molecule has 0 spiro atoms. The quantitative estimate of drug-likeness (QED) is 0.762. The fourth-order valence-electron chi connectivity index (χ4n) is 1.70. The molecule has 1 aromatic rings. The van der Waals surface area contributed by atoms with Gasteiger partial charge in [-0.05, 0) is 19.7 Å². The molecular weight excluding hydrogens is 252 g/mol. The van der Waals surface area contributed by atoms with E-state index in [1.807, 2.05) is 11.8 Å². The van der Waals surface area contributed by atoms with Gasteiger partial charge in [0.15, 0.2) is 5.69 Å². The molecule has 6 nitrogen and oxygen atoms in total. The van der Waals surface area contributed by atoms with E-state index in [1.54, 1.807) is 4.68 Å². The summed E-state index contributed by atoms with van der Waals surface area (Å²) in [6.45, 7) is 3.67. The third kappa shape index (κ3) is 4.30. The third-order valence-corrected chi connectivity index (χ3v) is 3.61. The van der Waals surface area contributed by atoms with E-state index in [0.717, 1.165) is 18.7 Å². The molecule has 0 aliphatic carbocycles. The number of nitrogens with zero attached hydrogens (tertiary/aromatic N) is 4. The fraction of sp³-hybridized carbons (Fsp3) is 0.727. The van der Waals surface area contributed by atoms with Crippen molar-refractivity contribution in [3.05, 3.63) is 11.9 Å². The molecule has 1 rings (SSSR count). The van der Waals surface area contributed by atoms with Crippen molar-refractivity contribution in [3.8, 4) is 0 Å². The van der Waals surface area contributed by atoms with Crippen LogP contribution < -0.4 is 0 Å². The zero-order chi connectivity index (χ0) is 13.5. The average molecular weight is 272 g/mol. The second kappa shape index (κ2) is 7.38. The summed E-state index contributed by atoms with van der Waals surface area (Å²) < 4.78 is 1.58. The van der Waals surface area contributed by atoms with Gasteiger partial charge in [-0.25, -0.2) is 4.79 Å². The summed E-state index contributed by atoms with van der Waals surface area (Å²) in [6, 6.07) is 0.544. The minimum absolute atomic E-state index is 0.00573. The number of rotatable bonds is 8. The van der Waals surface area contributed by atoms with Gasteiger partial charge >= 0.3 is 5.97 Å². The molecule has 0 radical (unpaired) electrons. The second-order valence-electron chi connectivity index (χ2n) is 4.17. The van der Waals surface area contributed by atoms with Crippen LogP contribution in [0.1, 0.15) is 23.8 Å². The molecule has 1 atom stereocenters. The highest BCUT2D eigenvalue weighted by Crippen LogP contribution is 2.08. The largest absolute Gasteiger partial charge is 0.476 e. The monoisotopic (exact) mass is 272 g/mol. The Morgan fingerprint density at radius 3 is 2.89 bits per heavy atom. The molecule has 0 aliphatic heterocycles. The number of carbonyl (C=O) groups is 1. The minimum atomic E-state index is -1.04. The second-order valence-corrected chi connectivity index (χ2v) is 5.08. The molecule has 0 amide bonds. The Morgan fingerprint density at radius 1 is 1.67 bits per heavy atom. The summed E-state index contributed by atoms with van der Waals surface area (Å²) >= 11 is 1.84. The van der Waals surface area contributed by atoms with Crippen LogP contribution in [0.2, 0.25) is 0 Å². The van der Waals surface area contributed by atoms with Crippen molar-refractivity contribution >= 4 is 17.7 Å². The van der Waals surface area contributed by atoms with Crippen LogP contribution in [0.4, 0.5) is 0 Å². The van der Waals surface area contributed by atoms with Gasteiger partial charge in [-0.1, -0.05) is 12.1 Å². The van der Waals surface area contributed by atoms with Gasteiger partial charge in [0, 0.05) is 18.3 Å². The Labute approximate surface area is 111 Å². The first-order valence-corrected chi connectivity index (χ1v) is 7.30. The minimum Gasteiger partial charge on any atom is -0.476 e. The zero-order valence-corrected chi connectivity index (χ0v) is 11.9. The van der Waals surface area contributed by atoms with E-state index in [0.29, 0.717) is 12.6 Å². The van der Waals surface area contributed by atoms with E-state index in [4.69, 9.17) is 5.11 Å². The van der Waals surface area contributed by atoms with Gasteiger partial charge in [-0.3, -0.25) is 4.68 Å². The van der Waals surface area contributed by atoms with E-state index < -0.39 is 5.97 Å². The molecule has 0 saturated heterocycles. The zero-order valence-electron chi connectivity index (χ0n) is 11.0. The van der Waals surface area contributed by atoms with Gasteiger partial charge in [0.2, 0.25) is 0 Å². The van der Waals surface area contributed by atoms with Gasteiger partial charge in [0.05, 0.1) is 12.7 Å². The van der Waals surface area contributed by atoms with Crippen LogP contribution in [0.5, 0.6) is 0 Å². The lowest BCUT2D eigenvalue weighted by Crippen LogP contribution is -2.35. The number of aromatic carboxylic acids is 1. The predicted octanol–water partition coefficient (Wildman–Crippen LogP) is 1.05. The Morgan fingerprint density at radius 2 is 2.39 bits per heavy atom. The van der Waals surface area contributed by atoms with Crippen LogP contribution in [0, 0.1) is 0 Å². The highest BCUT2D eigenvalue weighted by atomic mass is 32.2. The third-order valence-electron chi connectivity index (χ3n) is 2.89. The van der Waals surface area contributed by atoms with E-state index in [1.165, 1.54) is 6.20 Å². The maximum atomic E-state index is 10.7. The summed E-state index contributed by atoms with van der Waals surface area (Å²) in [6.07, 6.45) is 4.67. The topological polar surface area (TPSA) is 71.2 Å². The highest BCUT2D eigenvalue weighted by molar-refractivity contribution is 7.98. The van der Waals surface area contributed by atoms with Crippen LogP contribution in [-0.2, 0) is 6.54 Å². The Kier molecular flexibility index (Phi) is 6.14. The normalized spacial score (nSPS) is 12.9. The number of aromatic nitrogens is 3. The number of carboxylic acids is 1. The van der Waals surface area contributed by atoms with Crippen molar-refractivity contribution in [1.82, 2.24) is 19.9 Å². The van der Waals surface area contributed by atoms with Crippen LogP contribution in [0.15, 0.2) is 6.20 Å². The van der Waals surface area contributed by atoms with E-state index in [9.17, 15) is 4.79 Å². The number of carboxylic acid groups (broad SMARTS) is 1. The summed E-state index contributed by atoms with van der Waals surface area (Å²) in [5.41, 5.74) is -0.00573. The first-order chi connectivity index (χ1) is 8.58. The molecule has 102 valence electrons. The van der Waals surface area contributed by atoms with Gasteiger partial charge in [-0.2, -0.15) is 11.8 Å². The number of likely N-dealkylation sites (N-methyl/N-ethyl adjacent to an activating group) is 1. The molecule has 0 saturated carbocycles.